The van der Waals surface area contributed by atoms with Crippen molar-refractivity contribution in [1.82, 2.24) is 5.16 Å². The van der Waals surface area contributed by atoms with E-state index in [4.69, 9.17) is 16.1 Å². The summed E-state index contributed by atoms with van der Waals surface area (Å²) in [6.07, 6.45) is 1.72. The predicted octanol–water partition coefficient (Wildman–Crippen LogP) is 3.21. The minimum absolute atomic E-state index is 0.0557. The van der Waals surface area contributed by atoms with Gasteiger partial charge in [0.15, 0.2) is 0 Å². The van der Waals surface area contributed by atoms with Crippen LogP contribution in [-0.4, -0.2) is 35.4 Å². The molecule has 0 saturated carbocycles. The molecule has 6 nitrogen and oxygen atoms in total. The van der Waals surface area contributed by atoms with Crippen LogP contribution in [0.4, 0.5) is 11.6 Å². The maximum atomic E-state index is 12.7. The highest BCUT2D eigenvalue weighted by atomic mass is 35.5. The first kappa shape index (κ1) is 17.8. The lowest BCUT2D eigenvalue weighted by Gasteiger charge is -2.25. The third kappa shape index (κ3) is 3.80. The largest absolute Gasteiger partial charge is 0.395 e. The van der Waals surface area contributed by atoms with Crippen LogP contribution < -0.4 is 10.2 Å². The van der Waals surface area contributed by atoms with Crippen molar-refractivity contribution in [2.45, 2.75) is 38.1 Å². The first-order chi connectivity index (χ1) is 11.9. The topological polar surface area (TPSA) is 78.6 Å². The van der Waals surface area contributed by atoms with E-state index in [-0.39, 0.29) is 18.6 Å². The second-order valence-electron chi connectivity index (χ2n) is 6.94. The molecule has 134 valence electrons. The van der Waals surface area contributed by atoms with Crippen molar-refractivity contribution in [3.8, 4) is 0 Å². The van der Waals surface area contributed by atoms with E-state index in [0.29, 0.717) is 16.6 Å². The van der Waals surface area contributed by atoms with E-state index in [9.17, 15) is 9.90 Å². The fourth-order valence-corrected chi connectivity index (χ4v) is 3.05. The third-order valence-electron chi connectivity index (χ3n) is 4.56. The number of rotatable bonds is 5. The third-order valence-corrected chi connectivity index (χ3v) is 4.81. The summed E-state index contributed by atoms with van der Waals surface area (Å²) in [4.78, 5) is 14.7. The highest BCUT2D eigenvalue weighted by Gasteiger charge is 2.32. The first-order valence-corrected chi connectivity index (χ1v) is 8.69. The first-order valence-electron chi connectivity index (χ1n) is 8.32. The van der Waals surface area contributed by atoms with Crippen LogP contribution in [0.3, 0.4) is 0 Å². The van der Waals surface area contributed by atoms with Crippen LogP contribution in [0.25, 0.3) is 0 Å². The minimum Gasteiger partial charge on any atom is -0.395 e. The van der Waals surface area contributed by atoms with E-state index in [1.165, 1.54) is 0 Å². The standard InChI is InChI=1S/C18H22ClN3O3/c1-18(2,11-23)15-10-16(25-21-15)20-17(24)14-4-3-9-22(14)13-7-5-12(19)6-8-13/h5-8,10,14,23H,3-4,9,11H2,1-2H3,(H,20,24). The average Bonchev–Trinajstić information content (AvgIpc) is 3.25. The number of halogens is 1. The molecular weight excluding hydrogens is 342 g/mol. The Morgan fingerprint density at radius 1 is 1.44 bits per heavy atom. The fraction of sp³-hybridized carbons (Fsp3) is 0.444. The van der Waals surface area contributed by atoms with Gasteiger partial charge in [0.25, 0.3) is 0 Å². The van der Waals surface area contributed by atoms with E-state index in [0.717, 1.165) is 25.1 Å². The molecule has 1 amide bonds. The summed E-state index contributed by atoms with van der Waals surface area (Å²) in [5.41, 5.74) is 1.06. The van der Waals surface area contributed by atoms with E-state index < -0.39 is 5.41 Å². The molecule has 2 heterocycles. The second kappa shape index (κ2) is 7.06. The van der Waals surface area contributed by atoms with Crippen molar-refractivity contribution < 1.29 is 14.4 Å². The summed E-state index contributed by atoms with van der Waals surface area (Å²) in [7, 11) is 0. The van der Waals surface area contributed by atoms with Crippen molar-refractivity contribution in [2.24, 2.45) is 0 Å². The van der Waals surface area contributed by atoms with Gasteiger partial charge in [-0.05, 0) is 37.1 Å². The highest BCUT2D eigenvalue weighted by molar-refractivity contribution is 6.30. The SMILES string of the molecule is CC(C)(CO)c1cc(NC(=O)C2CCCN2c2ccc(Cl)cc2)on1. The lowest BCUT2D eigenvalue weighted by molar-refractivity contribution is -0.117. The van der Waals surface area contributed by atoms with Gasteiger partial charge in [-0.2, -0.15) is 0 Å². The number of hydrogen-bond acceptors (Lipinski definition) is 5. The molecule has 1 aromatic heterocycles. The molecule has 1 unspecified atom stereocenters. The van der Waals surface area contributed by atoms with Crippen LogP contribution >= 0.6 is 11.6 Å². The zero-order chi connectivity index (χ0) is 18.0. The van der Waals surface area contributed by atoms with Crippen molar-refractivity contribution >= 4 is 29.1 Å². The summed E-state index contributed by atoms with van der Waals surface area (Å²) >= 11 is 5.94. The van der Waals surface area contributed by atoms with Crippen LogP contribution in [0, 0.1) is 0 Å². The molecule has 1 aromatic carbocycles. The monoisotopic (exact) mass is 363 g/mol. The highest BCUT2D eigenvalue weighted by Crippen LogP contribution is 2.28. The number of carbonyl (C=O) groups excluding carboxylic acids is 1. The second-order valence-corrected chi connectivity index (χ2v) is 7.37. The molecule has 0 bridgehead atoms. The number of amides is 1. The summed E-state index contributed by atoms with van der Waals surface area (Å²) < 4.78 is 5.21. The molecule has 7 heteroatoms. The molecule has 0 radical (unpaired) electrons. The Bertz CT molecular complexity index is 742. The Balaban J connectivity index is 1.71. The molecular formula is C18H22ClN3O3. The summed E-state index contributed by atoms with van der Waals surface area (Å²) in [5, 5.41) is 16.8. The number of aromatic nitrogens is 1. The van der Waals surface area contributed by atoms with E-state index in [1.807, 2.05) is 38.1 Å². The van der Waals surface area contributed by atoms with Crippen LogP contribution in [-0.2, 0) is 10.2 Å². The van der Waals surface area contributed by atoms with Crippen LogP contribution in [0.5, 0.6) is 0 Å². The normalized spacial score (nSPS) is 17.8. The molecule has 25 heavy (non-hydrogen) atoms. The number of carbonyl (C=O) groups is 1. The van der Waals surface area contributed by atoms with E-state index in [2.05, 4.69) is 15.4 Å². The van der Waals surface area contributed by atoms with Gasteiger partial charge in [0, 0.05) is 28.7 Å². The number of nitrogens with one attached hydrogen (secondary N) is 1. The maximum absolute atomic E-state index is 12.7. The van der Waals surface area contributed by atoms with Crippen molar-refractivity contribution in [2.75, 3.05) is 23.4 Å². The van der Waals surface area contributed by atoms with Crippen LogP contribution in [0.15, 0.2) is 34.9 Å². The maximum Gasteiger partial charge on any atom is 0.249 e. The smallest absolute Gasteiger partial charge is 0.249 e. The molecule has 1 aliphatic rings. The van der Waals surface area contributed by atoms with Gasteiger partial charge in [-0.15, -0.1) is 0 Å². The number of anilines is 2. The van der Waals surface area contributed by atoms with Gasteiger partial charge in [0.1, 0.15) is 6.04 Å². The Morgan fingerprint density at radius 3 is 2.84 bits per heavy atom. The number of hydrogen-bond donors (Lipinski definition) is 2. The van der Waals surface area contributed by atoms with Gasteiger partial charge in [0.2, 0.25) is 11.8 Å². The molecule has 0 aliphatic carbocycles. The molecule has 1 aliphatic heterocycles. The molecule has 0 spiro atoms. The summed E-state index contributed by atoms with van der Waals surface area (Å²) in [6, 6.07) is 8.89. The molecule has 3 rings (SSSR count). The minimum atomic E-state index is -0.519. The molecule has 2 N–H and O–H groups in total. The van der Waals surface area contributed by atoms with Crippen molar-refractivity contribution in [3.63, 3.8) is 0 Å². The molecule has 1 saturated heterocycles. The average molecular weight is 364 g/mol. The number of aliphatic hydroxyl groups excluding tert-OH is 1. The van der Waals surface area contributed by atoms with Gasteiger partial charge >= 0.3 is 0 Å². The van der Waals surface area contributed by atoms with Crippen LogP contribution in [0.2, 0.25) is 5.02 Å². The van der Waals surface area contributed by atoms with Crippen molar-refractivity contribution in [3.05, 3.63) is 41.0 Å². The molecule has 2 aromatic rings. The van der Waals surface area contributed by atoms with E-state index >= 15 is 0 Å². The zero-order valence-electron chi connectivity index (χ0n) is 14.3. The number of nitrogens with zero attached hydrogens (tertiary/aromatic N) is 2. The van der Waals surface area contributed by atoms with Gasteiger partial charge in [-0.25, -0.2) is 0 Å². The lowest BCUT2D eigenvalue weighted by atomic mass is 9.91. The Labute approximate surface area is 151 Å². The quantitative estimate of drug-likeness (QED) is 0.852. The van der Waals surface area contributed by atoms with Gasteiger partial charge in [-0.1, -0.05) is 30.6 Å². The predicted molar refractivity (Wildman–Crippen MR) is 97.1 cm³/mol. The Hall–Kier alpha value is -2.05. The Kier molecular flexibility index (Phi) is 5.01. The summed E-state index contributed by atoms with van der Waals surface area (Å²) in [6.45, 7) is 4.48. The van der Waals surface area contributed by atoms with Crippen LogP contribution in [0.1, 0.15) is 32.4 Å². The Morgan fingerprint density at radius 2 is 2.16 bits per heavy atom. The van der Waals surface area contributed by atoms with Gasteiger partial charge < -0.3 is 14.5 Å². The van der Waals surface area contributed by atoms with Gasteiger partial charge in [0.05, 0.1) is 12.3 Å². The lowest BCUT2D eigenvalue weighted by Crippen LogP contribution is -2.39. The summed E-state index contributed by atoms with van der Waals surface area (Å²) in [5.74, 6) is 0.168. The molecule has 1 atom stereocenters. The number of aliphatic hydroxyl groups is 1. The number of benzene rings is 1. The fourth-order valence-electron chi connectivity index (χ4n) is 2.92. The zero-order valence-corrected chi connectivity index (χ0v) is 15.1. The van der Waals surface area contributed by atoms with Crippen molar-refractivity contribution in [1.29, 1.82) is 0 Å². The molecule has 1 fully saturated rings. The van der Waals surface area contributed by atoms with E-state index in [1.54, 1.807) is 6.07 Å². The van der Waals surface area contributed by atoms with Gasteiger partial charge in [-0.3, -0.25) is 10.1 Å².